The van der Waals surface area contributed by atoms with Crippen molar-refractivity contribution < 1.29 is 14.1 Å². The fourth-order valence-corrected chi connectivity index (χ4v) is 2.73. The Hall–Kier alpha value is -1.92. The van der Waals surface area contributed by atoms with Gasteiger partial charge in [0.15, 0.2) is 5.82 Å². The molecule has 22 heavy (non-hydrogen) atoms. The SMILES string of the molecule is CCN(Cc1noc(C)n1)C(=O)C1CC(=O)N(CC(C)C)C1. The molecule has 0 bridgehead atoms. The number of aryl methyl sites for hydroxylation is 1. The third-order valence-corrected chi connectivity index (χ3v) is 3.74. The van der Waals surface area contributed by atoms with Crippen LogP contribution >= 0.6 is 0 Å². The van der Waals surface area contributed by atoms with E-state index in [0.29, 0.717) is 50.2 Å². The van der Waals surface area contributed by atoms with Gasteiger partial charge in [-0.25, -0.2) is 0 Å². The van der Waals surface area contributed by atoms with Gasteiger partial charge in [-0.2, -0.15) is 4.98 Å². The van der Waals surface area contributed by atoms with Crippen LogP contribution in [0.3, 0.4) is 0 Å². The van der Waals surface area contributed by atoms with E-state index in [4.69, 9.17) is 4.52 Å². The second-order valence-corrected chi connectivity index (χ2v) is 6.18. The summed E-state index contributed by atoms with van der Waals surface area (Å²) in [7, 11) is 0. The first-order valence-corrected chi connectivity index (χ1v) is 7.76. The summed E-state index contributed by atoms with van der Waals surface area (Å²) in [4.78, 5) is 32.2. The third kappa shape index (κ3) is 3.84. The maximum atomic E-state index is 12.6. The largest absolute Gasteiger partial charge is 0.342 e. The molecule has 2 rings (SSSR count). The van der Waals surface area contributed by atoms with E-state index in [0.717, 1.165) is 0 Å². The van der Waals surface area contributed by atoms with Gasteiger partial charge in [0.2, 0.25) is 17.7 Å². The predicted molar refractivity (Wildman–Crippen MR) is 79.7 cm³/mol. The Balaban J connectivity index is 1.98. The Kier molecular flexibility index (Phi) is 5.15. The second kappa shape index (κ2) is 6.89. The number of hydrogen-bond donors (Lipinski definition) is 0. The van der Waals surface area contributed by atoms with E-state index in [1.54, 1.807) is 16.7 Å². The molecule has 0 saturated carbocycles. The molecule has 2 heterocycles. The molecule has 0 radical (unpaired) electrons. The Morgan fingerprint density at radius 3 is 2.77 bits per heavy atom. The predicted octanol–water partition coefficient (Wildman–Crippen LogP) is 1.23. The molecule has 2 amide bonds. The van der Waals surface area contributed by atoms with Crippen LogP contribution in [-0.2, 0) is 16.1 Å². The molecule has 1 aromatic heterocycles. The summed E-state index contributed by atoms with van der Waals surface area (Å²) >= 11 is 0. The van der Waals surface area contributed by atoms with Crippen LogP contribution in [-0.4, -0.2) is 51.4 Å². The summed E-state index contributed by atoms with van der Waals surface area (Å²) in [6.45, 7) is 9.86. The Bertz CT molecular complexity index is 541. The zero-order valence-electron chi connectivity index (χ0n) is 13.7. The molecule has 1 aromatic rings. The molecule has 1 aliphatic heterocycles. The summed E-state index contributed by atoms with van der Waals surface area (Å²) in [5.41, 5.74) is 0. The maximum Gasteiger partial charge on any atom is 0.228 e. The average Bonchev–Trinajstić information content (AvgIpc) is 3.02. The van der Waals surface area contributed by atoms with E-state index in [9.17, 15) is 9.59 Å². The highest BCUT2D eigenvalue weighted by Crippen LogP contribution is 2.21. The van der Waals surface area contributed by atoms with Gasteiger partial charge in [0.05, 0.1) is 12.5 Å². The molecule has 7 nitrogen and oxygen atoms in total. The van der Waals surface area contributed by atoms with E-state index in [1.807, 2.05) is 6.92 Å². The van der Waals surface area contributed by atoms with Crippen LogP contribution in [0, 0.1) is 18.8 Å². The lowest BCUT2D eigenvalue weighted by atomic mass is 10.1. The molecule has 1 aliphatic rings. The van der Waals surface area contributed by atoms with E-state index in [-0.39, 0.29) is 17.7 Å². The molecule has 122 valence electrons. The van der Waals surface area contributed by atoms with Gasteiger partial charge in [0.25, 0.3) is 0 Å². The first kappa shape index (κ1) is 16.5. The summed E-state index contributed by atoms with van der Waals surface area (Å²) < 4.78 is 4.93. The molecular weight excluding hydrogens is 284 g/mol. The van der Waals surface area contributed by atoms with E-state index < -0.39 is 0 Å². The number of amides is 2. The van der Waals surface area contributed by atoms with Crippen molar-refractivity contribution in [2.75, 3.05) is 19.6 Å². The van der Waals surface area contributed by atoms with E-state index in [2.05, 4.69) is 24.0 Å². The Morgan fingerprint density at radius 1 is 1.50 bits per heavy atom. The minimum absolute atomic E-state index is 0.00967. The van der Waals surface area contributed by atoms with Crippen LogP contribution < -0.4 is 0 Å². The van der Waals surface area contributed by atoms with Gasteiger partial charge in [0, 0.05) is 33.0 Å². The molecule has 0 N–H and O–H groups in total. The highest BCUT2D eigenvalue weighted by Gasteiger charge is 2.36. The topological polar surface area (TPSA) is 79.5 Å². The minimum Gasteiger partial charge on any atom is -0.342 e. The second-order valence-electron chi connectivity index (χ2n) is 6.18. The smallest absolute Gasteiger partial charge is 0.228 e. The molecule has 1 unspecified atom stereocenters. The van der Waals surface area contributed by atoms with Crippen molar-refractivity contribution in [3.8, 4) is 0 Å². The Morgan fingerprint density at radius 2 is 2.23 bits per heavy atom. The lowest BCUT2D eigenvalue weighted by Crippen LogP contribution is -2.37. The fraction of sp³-hybridized carbons (Fsp3) is 0.733. The van der Waals surface area contributed by atoms with Gasteiger partial charge in [-0.05, 0) is 12.8 Å². The van der Waals surface area contributed by atoms with Crippen LogP contribution in [0.4, 0.5) is 0 Å². The van der Waals surface area contributed by atoms with E-state index >= 15 is 0 Å². The van der Waals surface area contributed by atoms with Crippen LogP contribution in [0.2, 0.25) is 0 Å². The first-order chi connectivity index (χ1) is 10.4. The van der Waals surface area contributed by atoms with Crippen LogP contribution in [0.15, 0.2) is 4.52 Å². The normalized spacial score (nSPS) is 18.3. The highest BCUT2D eigenvalue weighted by atomic mass is 16.5. The van der Waals surface area contributed by atoms with Crippen LogP contribution in [0.1, 0.15) is 38.9 Å². The van der Waals surface area contributed by atoms with Crippen molar-refractivity contribution in [2.45, 2.75) is 40.7 Å². The number of hydrogen-bond acceptors (Lipinski definition) is 5. The number of likely N-dealkylation sites (tertiary alicyclic amines) is 1. The van der Waals surface area contributed by atoms with E-state index in [1.165, 1.54) is 0 Å². The average molecular weight is 308 g/mol. The van der Waals surface area contributed by atoms with Crippen molar-refractivity contribution >= 4 is 11.8 Å². The summed E-state index contributed by atoms with van der Waals surface area (Å²) in [6.07, 6.45) is 0.299. The Labute approximate surface area is 130 Å². The monoisotopic (exact) mass is 308 g/mol. The maximum absolute atomic E-state index is 12.6. The van der Waals surface area contributed by atoms with Crippen molar-refractivity contribution in [3.05, 3.63) is 11.7 Å². The molecule has 0 spiro atoms. The quantitative estimate of drug-likeness (QED) is 0.789. The van der Waals surface area contributed by atoms with Gasteiger partial charge in [-0.15, -0.1) is 0 Å². The third-order valence-electron chi connectivity index (χ3n) is 3.74. The van der Waals surface area contributed by atoms with Crippen molar-refractivity contribution in [1.29, 1.82) is 0 Å². The number of nitrogens with zero attached hydrogens (tertiary/aromatic N) is 4. The number of aromatic nitrogens is 2. The molecule has 0 aromatic carbocycles. The molecule has 1 fully saturated rings. The minimum atomic E-state index is -0.265. The van der Waals surface area contributed by atoms with Crippen LogP contribution in [0.25, 0.3) is 0 Å². The molecule has 1 atom stereocenters. The molecule has 7 heteroatoms. The summed E-state index contributed by atoms with van der Waals surface area (Å²) in [6, 6.07) is 0. The van der Waals surface area contributed by atoms with Gasteiger partial charge < -0.3 is 14.3 Å². The molecular formula is C15H24N4O3. The summed E-state index contributed by atoms with van der Waals surface area (Å²) in [5, 5.41) is 3.82. The number of rotatable bonds is 6. The van der Waals surface area contributed by atoms with Gasteiger partial charge in [-0.1, -0.05) is 19.0 Å². The molecule has 0 aliphatic carbocycles. The first-order valence-electron chi connectivity index (χ1n) is 7.76. The lowest BCUT2D eigenvalue weighted by molar-refractivity contribution is -0.136. The molecule has 1 saturated heterocycles. The van der Waals surface area contributed by atoms with Gasteiger partial charge in [-0.3, -0.25) is 9.59 Å². The highest BCUT2D eigenvalue weighted by molar-refractivity contribution is 5.89. The zero-order chi connectivity index (χ0) is 16.3. The number of carbonyl (C=O) groups is 2. The van der Waals surface area contributed by atoms with Gasteiger partial charge >= 0.3 is 0 Å². The number of carbonyl (C=O) groups excluding carboxylic acids is 2. The zero-order valence-corrected chi connectivity index (χ0v) is 13.7. The standard InChI is InChI=1S/C15H24N4O3/c1-5-18(9-13-16-11(4)22-17-13)15(21)12-6-14(20)19(8-12)7-10(2)3/h10,12H,5-9H2,1-4H3. The fourth-order valence-electron chi connectivity index (χ4n) is 2.73. The summed E-state index contributed by atoms with van der Waals surface area (Å²) in [5.74, 6) is 1.18. The van der Waals surface area contributed by atoms with Crippen molar-refractivity contribution in [3.63, 3.8) is 0 Å². The van der Waals surface area contributed by atoms with Crippen molar-refractivity contribution in [2.24, 2.45) is 11.8 Å². The lowest BCUT2D eigenvalue weighted by Gasteiger charge is -2.23. The van der Waals surface area contributed by atoms with Gasteiger partial charge in [0.1, 0.15) is 0 Å². The van der Waals surface area contributed by atoms with Crippen molar-refractivity contribution in [1.82, 2.24) is 19.9 Å². The van der Waals surface area contributed by atoms with Crippen LogP contribution in [0.5, 0.6) is 0 Å².